The van der Waals surface area contributed by atoms with Gasteiger partial charge in [-0.3, -0.25) is 9.89 Å². The van der Waals surface area contributed by atoms with Gasteiger partial charge in [-0.05, 0) is 23.3 Å². The van der Waals surface area contributed by atoms with E-state index in [4.69, 9.17) is 4.74 Å². The van der Waals surface area contributed by atoms with Gasteiger partial charge in [-0.25, -0.2) is 0 Å². The Morgan fingerprint density at radius 3 is 2.68 bits per heavy atom. The van der Waals surface area contributed by atoms with E-state index in [2.05, 4.69) is 40.2 Å². The highest BCUT2D eigenvalue weighted by Crippen LogP contribution is 2.42. The minimum Gasteiger partial charge on any atom is -0.495 e. The number of aliphatic imine (C=N–C) groups is 1. The summed E-state index contributed by atoms with van der Waals surface area (Å²) in [6.45, 7) is 0. The summed E-state index contributed by atoms with van der Waals surface area (Å²) in [6, 6.07) is 14.6. The first-order chi connectivity index (χ1) is 9.35. The molecule has 0 saturated heterocycles. The van der Waals surface area contributed by atoms with Crippen LogP contribution in [0.15, 0.2) is 47.5 Å². The Morgan fingerprint density at radius 1 is 1.11 bits per heavy atom. The maximum absolute atomic E-state index is 5.50. The zero-order chi connectivity index (χ0) is 13.2. The molecule has 96 valence electrons. The van der Waals surface area contributed by atoms with Crippen molar-refractivity contribution in [2.75, 3.05) is 19.1 Å². The summed E-state index contributed by atoms with van der Waals surface area (Å²) in [5.74, 6) is 0.881. The maximum atomic E-state index is 5.50. The standard InChI is InChI=1S/C16H16N2O/c1-17-11-18-14-8-4-3-6-12(14)10-13-7-5-9-15(19-2)16(13)18/h3-9,11H,10H2,1-2H3. The summed E-state index contributed by atoms with van der Waals surface area (Å²) in [5.41, 5.74) is 4.83. The van der Waals surface area contributed by atoms with Crippen LogP contribution in [0.4, 0.5) is 11.4 Å². The first kappa shape index (κ1) is 11.8. The van der Waals surface area contributed by atoms with Crippen LogP contribution >= 0.6 is 0 Å². The normalized spacial score (nSPS) is 13.3. The first-order valence-electron chi connectivity index (χ1n) is 6.30. The molecular weight excluding hydrogens is 236 g/mol. The number of methoxy groups -OCH3 is 1. The third-order valence-corrected chi connectivity index (χ3v) is 3.41. The zero-order valence-electron chi connectivity index (χ0n) is 11.1. The van der Waals surface area contributed by atoms with Crippen LogP contribution in [0.2, 0.25) is 0 Å². The highest BCUT2D eigenvalue weighted by molar-refractivity contribution is 5.95. The van der Waals surface area contributed by atoms with Crippen LogP contribution < -0.4 is 9.64 Å². The maximum Gasteiger partial charge on any atom is 0.143 e. The van der Waals surface area contributed by atoms with Crippen molar-refractivity contribution < 1.29 is 4.74 Å². The molecule has 0 radical (unpaired) electrons. The molecule has 1 aliphatic heterocycles. The molecule has 0 saturated carbocycles. The van der Waals surface area contributed by atoms with Crippen molar-refractivity contribution in [2.24, 2.45) is 4.99 Å². The number of benzene rings is 2. The molecule has 2 aromatic carbocycles. The Balaban J connectivity index is 2.24. The lowest BCUT2D eigenvalue weighted by Gasteiger charge is -2.31. The van der Waals surface area contributed by atoms with Gasteiger partial charge in [0.2, 0.25) is 0 Å². The highest BCUT2D eigenvalue weighted by atomic mass is 16.5. The fraction of sp³-hybridized carbons (Fsp3) is 0.188. The lowest BCUT2D eigenvalue weighted by atomic mass is 9.95. The first-order valence-corrected chi connectivity index (χ1v) is 6.30. The van der Waals surface area contributed by atoms with Crippen molar-refractivity contribution in [1.82, 2.24) is 0 Å². The predicted molar refractivity (Wildman–Crippen MR) is 78.8 cm³/mol. The molecule has 1 aliphatic rings. The fourth-order valence-electron chi connectivity index (χ4n) is 2.60. The highest BCUT2D eigenvalue weighted by Gasteiger charge is 2.24. The third-order valence-electron chi connectivity index (χ3n) is 3.41. The topological polar surface area (TPSA) is 24.8 Å². The minimum atomic E-state index is 0.881. The van der Waals surface area contributed by atoms with Crippen molar-refractivity contribution in [3.63, 3.8) is 0 Å². The van der Waals surface area contributed by atoms with Gasteiger partial charge in [-0.2, -0.15) is 0 Å². The summed E-state index contributed by atoms with van der Waals surface area (Å²) in [4.78, 5) is 6.28. The summed E-state index contributed by atoms with van der Waals surface area (Å²) in [5, 5.41) is 0. The van der Waals surface area contributed by atoms with E-state index in [1.807, 2.05) is 18.5 Å². The fourth-order valence-corrected chi connectivity index (χ4v) is 2.60. The van der Waals surface area contributed by atoms with Gasteiger partial charge in [0.05, 0.1) is 24.8 Å². The average Bonchev–Trinajstić information content (AvgIpc) is 2.46. The molecule has 0 atom stereocenters. The van der Waals surface area contributed by atoms with Crippen molar-refractivity contribution in [2.45, 2.75) is 6.42 Å². The number of anilines is 2. The second-order valence-corrected chi connectivity index (χ2v) is 4.52. The number of hydrogen-bond acceptors (Lipinski definition) is 2. The van der Waals surface area contributed by atoms with Crippen LogP contribution in [0, 0.1) is 0 Å². The van der Waals surface area contributed by atoms with E-state index in [1.165, 1.54) is 16.8 Å². The van der Waals surface area contributed by atoms with Crippen LogP contribution in [0.25, 0.3) is 0 Å². The molecule has 3 heteroatoms. The van der Waals surface area contributed by atoms with Crippen LogP contribution in [-0.4, -0.2) is 20.5 Å². The van der Waals surface area contributed by atoms with Crippen LogP contribution in [0.5, 0.6) is 5.75 Å². The molecule has 0 spiro atoms. The second-order valence-electron chi connectivity index (χ2n) is 4.52. The van der Waals surface area contributed by atoms with Crippen molar-refractivity contribution in [3.8, 4) is 5.75 Å². The summed E-state index contributed by atoms with van der Waals surface area (Å²) in [7, 11) is 3.49. The SMILES string of the molecule is CN=CN1c2ccccc2Cc2cccc(OC)c21. The summed E-state index contributed by atoms with van der Waals surface area (Å²) in [6.07, 6.45) is 2.77. The van der Waals surface area contributed by atoms with E-state index >= 15 is 0 Å². The van der Waals surface area contributed by atoms with E-state index in [0.29, 0.717) is 0 Å². The third kappa shape index (κ3) is 1.87. The van der Waals surface area contributed by atoms with Gasteiger partial charge in [0.1, 0.15) is 5.75 Å². The smallest absolute Gasteiger partial charge is 0.143 e. The van der Waals surface area contributed by atoms with Gasteiger partial charge >= 0.3 is 0 Å². The van der Waals surface area contributed by atoms with Gasteiger partial charge in [-0.1, -0.05) is 30.3 Å². The van der Waals surface area contributed by atoms with Crippen molar-refractivity contribution >= 4 is 17.7 Å². The van der Waals surface area contributed by atoms with Gasteiger partial charge in [0.15, 0.2) is 0 Å². The molecule has 0 fully saturated rings. The van der Waals surface area contributed by atoms with Gasteiger partial charge in [0, 0.05) is 13.5 Å². The Labute approximate surface area is 113 Å². The minimum absolute atomic E-state index is 0.881. The van der Waals surface area contributed by atoms with E-state index in [9.17, 15) is 0 Å². The molecular formula is C16H16N2O. The van der Waals surface area contributed by atoms with Crippen LogP contribution in [0.1, 0.15) is 11.1 Å². The lowest BCUT2D eigenvalue weighted by molar-refractivity contribution is 0.415. The molecule has 3 nitrogen and oxygen atoms in total. The number of para-hydroxylation sites is 2. The number of nitrogens with zero attached hydrogens (tertiary/aromatic N) is 2. The second kappa shape index (κ2) is 4.76. The average molecular weight is 252 g/mol. The Morgan fingerprint density at radius 2 is 1.89 bits per heavy atom. The monoisotopic (exact) mass is 252 g/mol. The summed E-state index contributed by atoms with van der Waals surface area (Å²) >= 11 is 0. The Bertz CT molecular complexity index is 634. The van der Waals surface area contributed by atoms with E-state index < -0.39 is 0 Å². The number of fused-ring (bicyclic) bond motifs is 2. The number of rotatable bonds is 2. The molecule has 0 unspecified atom stereocenters. The van der Waals surface area contributed by atoms with Gasteiger partial charge < -0.3 is 4.74 Å². The molecule has 2 aromatic rings. The van der Waals surface area contributed by atoms with Gasteiger partial charge in [-0.15, -0.1) is 0 Å². The van der Waals surface area contributed by atoms with E-state index in [-0.39, 0.29) is 0 Å². The largest absolute Gasteiger partial charge is 0.495 e. The predicted octanol–water partition coefficient (Wildman–Crippen LogP) is 3.40. The summed E-state index contributed by atoms with van der Waals surface area (Å²) < 4.78 is 5.50. The molecule has 1 heterocycles. The molecule has 0 bridgehead atoms. The van der Waals surface area contributed by atoms with Crippen molar-refractivity contribution in [3.05, 3.63) is 53.6 Å². The molecule has 0 aliphatic carbocycles. The van der Waals surface area contributed by atoms with Crippen LogP contribution in [-0.2, 0) is 6.42 Å². The van der Waals surface area contributed by atoms with Crippen LogP contribution in [0.3, 0.4) is 0 Å². The molecule has 0 N–H and O–H groups in total. The number of hydrogen-bond donors (Lipinski definition) is 0. The zero-order valence-corrected chi connectivity index (χ0v) is 11.1. The molecule has 0 aromatic heterocycles. The van der Waals surface area contributed by atoms with E-state index in [1.54, 1.807) is 14.2 Å². The number of ether oxygens (including phenoxy) is 1. The molecule has 0 amide bonds. The van der Waals surface area contributed by atoms with Gasteiger partial charge in [0.25, 0.3) is 0 Å². The Hall–Kier alpha value is -2.29. The molecule has 19 heavy (non-hydrogen) atoms. The Kier molecular flexibility index (Phi) is 2.95. The lowest BCUT2D eigenvalue weighted by Crippen LogP contribution is -2.22. The molecule has 3 rings (SSSR count). The van der Waals surface area contributed by atoms with E-state index in [0.717, 1.165) is 17.9 Å². The quantitative estimate of drug-likeness (QED) is 0.604. The van der Waals surface area contributed by atoms with Crippen molar-refractivity contribution in [1.29, 1.82) is 0 Å².